The van der Waals surface area contributed by atoms with E-state index in [1.807, 2.05) is 47.0 Å². The van der Waals surface area contributed by atoms with E-state index in [-0.39, 0.29) is 64.1 Å². The molecule has 250 valence electrons. The molecule has 0 aliphatic carbocycles. The van der Waals surface area contributed by atoms with Gasteiger partial charge in [0.05, 0.1) is 35.5 Å². The first kappa shape index (κ1) is 45.2. The van der Waals surface area contributed by atoms with Crippen LogP contribution in [0.15, 0.2) is 0 Å². The molecule has 14 heteroatoms. The molecule has 2 fully saturated rings. The Morgan fingerprint density at radius 3 is 1.60 bits per heavy atom. The summed E-state index contributed by atoms with van der Waals surface area (Å²) < 4.78 is 9.46. The SMILES string of the molecule is CCC(C)(C)C1C(=O)OC(=O)C1C.CCC(C)(C)C1C(=O)OC(=O)C1CC(C)(C)C(C(=O)O)C(C)C(=O)NN.NN.[CH3-].[W]. The van der Waals surface area contributed by atoms with Gasteiger partial charge in [0.25, 0.3) is 0 Å². The molecule has 0 radical (unpaired) electrons. The van der Waals surface area contributed by atoms with Crippen LogP contribution in [-0.4, -0.2) is 40.9 Å². The molecular formula is C29H53N4O9W-. The molecule has 0 spiro atoms. The fraction of sp³-hybridized carbons (Fsp3) is 0.759. The number of carbonyl (C=O) groups is 6. The average molecular weight is 786 g/mol. The molecule has 6 atom stereocenters. The second-order valence-corrected chi connectivity index (χ2v) is 12.8. The number of hydrogen-bond acceptors (Lipinski definition) is 11. The second-order valence-electron chi connectivity index (χ2n) is 12.8. The van der Waals surface area contributed by atoms with Crippen LogP contribution in [-0.2, 0) is 59.3 Å². The van der Waals surface area contributed by atoms with Crippen LogP contribution in [0.5, 0.6) is 0 Å². The van der Waals surface area contributed by atoms with Gasteiger partial charge in [-0.15, -0.1) is 0 Å². The van der Waals surface area contributed by atoms with Crippen LogP contribution >= 0.6 is 0 Å². The van der Waals surface area contributed by atoms with Crippen molar-refractivity contribution < 1.29 is 64.4 Å². The van der Waals surface area contributed by atoms with Gasteiger partial charge in [0.15, 0.2) is 0 Å². The van der Waals surface area contributed by atoms with Crippen molar-refractivity contribution in [2.24, 2.45) is 69.3 Å². The van der Waals surface area contributed by atoms with Crippen molar-refractivity contribution >= 4 is 35.8 Å². The number of aliphatic carboxylic acids is 1. The van der Waals surface area contributed by atoms with Gasteiger partial charge in [-0.25, -0.2) is 5.84 Å². The van der Waals surface area contributed by atoms with Gasteiger partial charge < -0.3 is 22.0 Å². The number of rotatable bonds is 10. The molecule has 2 aliphatic rings. The van der Waals surface area contributed by atoms with Crippen molar-refractivity contribution in [2.75, 3.05) is 0 Å². The number of carbonyl (C=O) groups excluding carboxylic acids is 5. The zero-order valence-electron chi connectivity index (χ0n) is 27.4. The number of amides is 1. The fourth-order valence-corrected chi connectivity index (χ4v) is 5.84. The zero-order chi connectivity index (χ0) is 32.7. The van der Waals surface area contributed by atoms with E-state index < -0.39 is 58.3 Å². The van der Waals surface area contributed by atoms with Crippen LogP contribution in [0.3, 0.4) is 0 Å². The third kappa shape index (κ3) is 10.7. The van der Waals surface area contributed by atoms with E-state index in [4.69, 9.17) is 10.6 Å². The molecule has 2 heterocycles. The molecule has 1 amide bonds. The first-order chi connectivity index (χ1) is 18.7. The standard InChI is InChI=1S/C18H30N2O6.C10H16O3.CH3.H4N2.W/c1-7-17(3,4)12-10(15(24)26-16(12)25)8-18(5,6)11(14(22)23)9(2)13(21)20-19;1-5-10(3,4)7-6(2)8(11)13-9(7)12;;1-2;/h9-12H,7-8,19H2,1-6H3,(H,20,21)(H,22,23);6-7H,5H2,1-4H3;1H3;1-2H2;/q;;-1;;. The minimum atomic E-state index is -1.16. The Bertz CT molecular complexity index is 1000. The van der Waals surface area contributed by atoms with E-state index in [9.17, 15) is 33.9 Å². The Balaban J connectivity index is -0.000000795. The number of hydrogen-bond donors (Lipinski definition) is 5. The van der Waals surface area contributed by atoms with Crippen LogP contribution in [0.25, 0.3) is 0 Å². The van der Waals surface area contributed by atoms with E-state index in [0.717, 1.165) is 6.42 Å². The van der Waals surface area contributed by atoms with E-state index in [1.54, 1.807) is 20.8 Å². The third-order valence-corrected chi connectivity index (χ3v) is 8.90. The summed E-state index contributed by atoms with van der Waals surface area (Å²) in [5.41, 5.74) is 0.406. The predicted octanol–water partition coefficient (Wildman–Crippen LogP) is 2.51. The molecule has 0 bridgehead atoms. The molecule has 2 aliphatic heterocycles. The smallest absolute Gasteiger partial charge is 0.318 e. The molecule has 2 rings (SSSR count). The maximum Gasteiger partial charge on any atom is 0.318 e. The fourth-order valence-electron chi connectivity index (χ4n) is 5.84. The van der Waals surface area contributed by atoms with Crippen LogP contribution in [0.1, 0.15) is 88.5 Å². The molecule has 0 aromatic rings. The summed E-state index contributed by atoms with van der Waals surface area (Å²) in [6, 6.07) is 0. The van der Waals surface area contributed by atoms with Crippen molar-refractivity contribution in [3.8, 4) is 0 Å². The maximum atomic E-state index is 12.3. The Hall–Kier alpha value is -2.21. The summed E-state index contributed by atoms with van der Waals surface area (Å²) in [4.78, 5) is 70.7. The van der Waals surface area contributed by atoms with Crippen LogP contribution < -0.4 is 23.0 Å². The molecule has 6 unspecified atom stereocenters. The second kappa shape index (κ2) is 17.9. The molecule has 2 saturated heterocycles. The summed E-state index contributed by atoms with van der Waals surface area (Å²) in [6.45, 7) is 18.3. The van der Waals surface area contributed by atoms with Gasteiger partial charge in [0.1, 0.15) is 0 Å². The Labute approximate surface area is 270 Å². The minimum absolute atomic E-state index is 0. The number of hydrazine groups is 2. The normalized spacial score (nSPS) is 23.1. The van der Waals surface area contributed by atoms with Crippen molar-refractivity contribution in [1.29, 1.82) is 0 Å². The van der Waals surface area contributed by atoms with E-state index >= 15 is 0 Å². The molecule has 0 aromatic heterocycles. The summed E-state index contributed by atoms with van der Waals surface area (Å²) >= 11 is 0. The van der Waals surface area contributed by atoms with Gasteiger partial charge in [0.2, 0.25) is 5.91 Å². The summed E-state index contributed by atoms with van der Waals surface area (Å²) in [6.07, 6.45) is 1.64. The molecule has 0 aromatic carbocycles. The molecule has 43 heavy (non-hydrogen) atoms. The number of nitrogens with two attached hydrogens (primary N) is 3. The van der Waals surface area contributed by atoms with Gasteiger partial charge in [-0.05, 0) is 22.7 Å². The number of ether oxygens (including phenoxy) is 2. The number of esters is 4. The van der Waals surface area contributed by atoms with E-state index in [0.29, 0.717) is 6.42 Å². The van der Waals surface area contributed by atoms with E-state index in [2.05, 4.69) is 16.4 Å². The van der Waals surface area contributed by atoms with E-state index in [1.165, 1.54) is 6.92 Å². The largest absolute Gasteiger partial charge is 0.481 e. The molecule has 13 nitrogen and oxygen atoms in total. The maximum absolute atomic E-state index is 12.3. The number of cyclic esters (lactones) is 4. The summed E-state index contributed by atoms with van der Waals surface area (Å²) in [5.74, 6) is 5.51. The molecular weight excluding hydrogens is 732 g/mol. The number of carboxylic acid groups (broad SMARTS) is 1. The van der Waals surface area contributed by atoms with Crippen molar-refractivity contribution in [1.82, 2.24) is 5.43 Å². The monoisotopic (exact) mass is 785 g/mol. The molecule has 0 saturated carbocycles. The van der Waals surface area contributed by atoms with Gasteiger partial charge in [0, 0.05) is 21.1 Å². The van der Waals surface area contributed by atoms with Gasteiger partial charge in [-0.1, -0.05) is 82.1 Å². The number of carboxylic acids is 1. The van der Waals surface area contributed by atoms with Gasteiger partial charge in [-0.3, -0.25) is 45.9 Å². The van der Waals surface area contributed by atoms with Crippen LogP contribution in [0.2, 0.25) is 0 Å². The Morgan fingerprint density at radius 1 is 0.860 bits per heavy atom. The average Bonchev–Trinajstić information content (AvgIpc) is 3.31. The topological polar surface area (TPSA) is 231 Å². The third-order valence-electron chi connectivity index (χ3n) is 8.90. The van der Waals surface area contributed by atoms with Crippen LogP contribution in [0, 0.1) is 59.2 Å². The van der Waals surface area contributed by atoms with Crippen molar-refractivity contribution in [3.05, 3.63) is 7.43 Å². The quantitative estimate of drug-likeness (QED) is 0.0538. The Morgan fingerprint density at radius 2 is 1.26 bits per heavy atom. The summed E-state index contributed by atoms with van der Waals surface area (Å²) in [5, 5.41) is 9.68. The summed E-state index contributed by atoms with van der Waals surface area (Å²) in [7, 11) is 0. The number of nitrogens with one attached hydrogen (secondary N) is 1. The predicted molar refractivity (Wildman–Crippen MR) is 156 cm³/mol. The van der Waals surface area contributed by atoms with Gasteiger partial charge >= 0.3 is 29.8 Å². The Kier molecular flexibility index (Phi) is 18.9. The molecule has 8 N–H and O–H groups in total. The van der Waals surface area contributed by atoms with Gasteiger partial charge in [-0.2, -0.15) is 0 Å². The van der Waals surface area contributed by atoms with Crippen molar-refractivity contribution in [2.45, 2.75) is 88.5 Å². The van der Waals surface area contributed by atoms with Crippen molar-refractivity contribution in [3.63, 3.8) is 0 Å². The zero-order valence-corrected chi connectivity index (χ0v) is 30.4. The minimum Gasteiger partial charge on any atom is -0.481 e. The first-order valence-electron chi connectivity index (χ1n) is 13.8. The first-order valence-corrected chi connectivity index (χ1v) is 13.8. The van der Waals surface area contributed by atoms with Crippen LogP contribution in [0.4, 0.5) is 0 Å².